The van der Waals surface area contributed by atoms with Gasteiger partial charge in [-0.2, -0.15) is 0 Å². The molecule has 0 saturated heterocycles. The van der Waals surface area contributed by atoms with E-state index in [2.05, 4.69) is 10.3 Å². The first-order chi connectivity index (χ1) is 18.5. The van der Waals surface area contributed by atoms with Gasteiger partial charge in [-0.25, -0.2) is 14.2 Å². The minimum Gasteiger partial charge on any atom is -0.480 e. The van der Waals surface area contributed by atoms with E-state index in [1.807, 2.05) is 5.32 Å². The maximum absolute atomic E-state index is 13.5. The summed E-state index contributed by atoms with van der Waals surface area (Å²) in [6, 6.07) is 9.68. The molecule has 3 aromatic rings. The van der Waals surface area contributed by atoms with Crippen LogP contribution in [0.4, 0.5) is 0 Å². The molecule has 3 rings (SSSR count). The molecule has 2 aromatic carbocycles. The fraction of sp³-hybridized carbons (Fsp3) is 0.240. The Morgan fingerprint density at radius 1 is 0.821 bits per heavy atom. The van der Waals surface area contributed by atoms with Crippen LogP contribution in [-0.4, -0.2) is 56.3 Å². The number of carboxylic acids is 1. The SMILES string of the molecule is NC(=O)CC(NC(=O)C(CC(N)=O)NC(=O)C(Cc1ccccc1)n1c(=O)[nH]c2ccccc2c1=O)C(=O)O. The van der Waals surface area contributed by atoms with Crippen molar-refractivity contribution in [1.29, 1.82) is 0 Å². The minimum absolute atomic E-state index is 0.130. The Labute approximate surface area is 220 Å². The second-order valence-corrected chi connectivity index (χ2v) is 8.66. The van der Waals surface area contributed by atoms with Gasteiger partial charge in [0.2, 0.25) is 23.6 Å². The van der Waals surface area contributed by atoms with Crippen molar-refractivity contribution in [3.63, 3.8) is 0 Å². The number of benzene rings is 2. The number of hydrogen-bond donors (Lipinski definition) is 6. The topological polar surface area (TPSA) is 237 Å². The largest absolute Gasteiger partial charge is 0.480 e. The van der Waals surface area contributed by atoms with Crippen molar-refractivity contribution in [2.24, 2.45) is 11.5 Å². The molecule has 0 spiro atoms. The zero-order chi connectivity index (χ0) is 28.7. The van der Waals surface area contributed by atoms with E-state index < -0.39 is 71.8 Å². The standard InChI is InChI=1S/C25H26N6O8/c26-19(32)11-16(21(34)29-17(24(37)38)12-20(27)33)28-22(35)18(10-13-6-2-1-3-7-13)31-23(36)14-8-4-5-9-15(14)30-25(31)39/h1-9,16-18H,10-12H2,(H2,26,32)(H2,27,33)(H,28,35)(H,29,34)(H,30,39)(H,37,38). The minimum atomic E-state index is -1.74. The zero-order valence-electron chi connectivity index (χ0n) is 20.5. The molecule has 1 heterocycles. The summed E-state index contributed by atoms with van der Waals surface area (Å²) in [5, 5.41) is 13.7. The average molecular weight is 539 g/mol. The number of H-pyrrole nitrogens is 1. The van der Waals surface area contributed by atoms with Crippen LogP contribution < -0.4 is 33.3 Å². The third-order valence-electron chi connectivity index (χ3n) is 5.78. The molecule has 3 unspecified atom stereocenters. The maximum atomic E-state index is 13.5. The first kappa shape index (κ1) is 28.3. The molecule has 14 nitrogen and oxygen atoms in total. The molecule has 14 heteroatoms. The van der Waals surface area contributed by atoms with E-state index in [0.29, 0.717) is 10.1 Å². The number of hydrogen-bond acceptors (Lipinski definition) is 7. The first-order valence-electron chi connectivity index (χ1n) is 11.7. The van der Waals surface area contributed by atoms with Crippen LogP contribution in [0.15, 0.2) is 64.2 Å². The lowest BCUT2D eigenvalue weighted by Gasteiger charge is -2.24. The molecule has 0 aliphatic heterocycles. The smallest absolute Gasteiger partial charge is 0.329 e. The van der Waals surface area contributed by atoms with Gasteiger partial charge in [0.15, 0.2) is 0 Å². The third kappa shape index (κ3) is 7.15. The molecular formula is C25H26N6O8. The molecule has 0 aliphatic rings. The van der Waals surface area contributed by atoms with Crippen molar-refractivity contribution >= 4 is 40.5 Å². The Balaban J connectivity index is 2.01. The highest BCUT2D eigenvalue weighted by atomic mass is 16.4. The van der Waals surface area contributed by atoms with Gasteiger partial charge in [0, 0.05) is 6.42 Å². The zero-order valence-corrected chi connectivity index (χ0v) is 20.5. The molecule has 0 aliphatic carbocycles. The summed E-state index contributed by atoms with van der Waals surface area (Å²) in [5.41, 5.74) is 9.42. The molecule has 0 bridgehead atoms. The predicted octanol–water partition coefficient (Wildman–Crippen LogP) is -1.72. The van der Waals surface area contributed by atoms with Gasteiger partial charge < -0.3 is 32.2 Å². The van der Waals surface area contributed by atoms with E-state index in [9.17, 15) is 38.7 Å². The highest BCUT2D eigenvalue weighted by Crippen LogP contribution is 2.14. The van der Waals surface area contributed by atoms with Crippen LogP contribution in [0, 0.1) is 0 Å². The van der Waals surface area contributed by atoms with Crippen LogP contribution in [-0.2, 0) is 30.4 Å². The van der Waals surface area contributed by atoms with E-state index in [0.717, 1.165) is 0 Å². The van der Waals surface area contributed by atoms with Gasteiger partial charge in [0.1, 0.15) is 18.1 Å². The van der Waals surface area contributed by atoms with Gasteiger partial charge in [-0.05, 0) is 17.7 Å². The van der Waals surface area contributed by atoms with E-state index in [4.69, 9.17) is 11.5 Å². The molecule has 0 fully saturated rings. The number of carbonyl (C=O) groups excluding carboxylic acids is 4. The van der Waals surface area contributed by atoms with Crippen LogP contribution in [0.2, 0.25) is 0 Å². The van der Waals surface area contributed by atoms with Crippen LogP contribution in [0.1, 0.15) is 24.4 Å². The van der Waals surface area contributed by atoms with Crippen LogP contribution in [0.5, 0.6) is 0 Å². The Hall–Kier alpha value is -5.27. The number of primary amides is 2. The van der Waals surface area contributed by atoms with E-state index in [-0.39, 0.29) is 17.3 Å². The van der Waals surface area contributed by atoms with Gasteiger partial charge in [-0.3, -0.25) is 24.0 Å². The monoisotopic (exact) mass is 538 g/mol. The summed E-state index contributed by atoms with van der Waals surface area (Å²) in [5.74, 6) is -5.75. The lowest BCUT2D eigenvalue weighted by molar-refractivity contribution is -0.144. The second kappa shape index (κ2) is 12.3. The van der Waals surface area contributed by atoms with Crippen molar-refractivity contribution in [3.05, 3.63) is 81.0 Å². The normalized spacial score (nSPS) is 13.1. The number of carboxylic acid groups (broad SMARTS) is 1. The molecule has 204 valence electrons. The van der Waals surface area contributed by atoms with Crippen molar-refractivity contribution in [2.45, 2.75) is 37.4 Å². The average Bonchev–Trinajstić information content (AvgIpc) is 2.87. The molecular weight excluding hydrogens is 512 g/mol. The van der Waals surface area contributed by atoms with Gasteiger partial charge in [0.05, 0.1) is 23.7 Å². The fourth-order valence-corrected chi connectivity index (χ4v) is 3.95. The van der Waals surface area contributed by atoms with Crippen molar-refractivity contribution in [1.82, 2.24) is 20.2 Å². The summed E-state index contributed by atoms with van der Waals surface area (Å²) in [6.45, 7) is 0. The number of para-hydroxylation sites is 1. The number of aliphatic carboxylic acids is 1. The maximum Gasteiger partial charge on any atom is 0.329 e. The molecule has 4 amide bonds. The first-order valence-corrected chi connectivity index (χ1v) is 11.7. The number of rotatable bonds is 12. The Kier molecular flexibility index (Phi) is 8.94. The Bertz CT molecular complexity index is 1530. The molecule has 0 saturated carbocycles. The Morgan fingerprint density at radius 2 is 1.38 bits per heavy atom. The summed E-state index contributed by atoms with van der Waals surface area (Å²) in [7, 11) is 0. The second-order valence-electron chi connectivity index (χ2n) is 8.66. The van der Waals surface area contributed by atoms with Crippen molar-refractivity contribution in [3.8, 4) is 0 Å². The number of nitrogens with one attached hydrogen (secondary N) is 3. The van der Waals surface area contributed by atoms with E-state index in [1.54, 1.807) is 42.5 Å². The lowest BCUT2D eigenvalue weighted by Crippen LogP contribution is -2.55. The van der Waals surface area contributed by atoms with Crippen LogP contribution in [0.25, 0.3) is 10.9 Å². The molecule has 39 heavy (non-hydrogen) atoms. The van der Waals surface area contributed by atoms with Crippen LogP contribution >= 0.6 is 0 Å². The van der Waals surface area contributed by atoms with E-state index in [1.165, 1.54) is 12.1 Å². The summed E-state index contributed by atoms with van der Waals surface area (Å²) in [6.07, 6.45) is -1.66. The molecule has 8 N–H and O–H groups in total. The third-order valence-corrected chi connectivity index (χ3v) is 5.78. The van der Waals surface area contributed by atoms with Gasteiger partial charge in [0.25, 0.3) is 5.56 Å². The van der Waals surface area contributed by atoms with Gasteiger partial charge >= 0.3 is 11.7 Å². The number of aromatic nitrogens is 2. The molecule has 3 atom stereocenters. The number of nitrogens with zero attached hydrogens (tertiary/aromatic N) is 1. The van der Waals surface area contributed by atoms with E-state index >= 15 is 0 Å². The summed E-state index contributed by atoms with van der Waals surface area (Å²) in [4.78, 5) is 89.5. The van der Waals surface area contributed by atoms with Crippen LogP contribution in [0.3, 0.4) is 0 Å². The van der Waals surface area contributed by atoms with Gasteiger partial charge in [-0.1, -0.05) is 42.5 Å². The number of nitrogens with two attached hydrogens (primary N) is 2. The summed E-state index contributed by atoms with van der Waals surface area (Å²) < 4.78 is 0.705. The number of amides is 4. The van der Waals surface area contributed by atoms with Crippen molar-refractivity contribution in [2.75, 3.05) is 0 Å². The van der Waals surface area contributed by atoms with Gasteiger partial charge in [-0.15, -0.1) is 0 Å². The molecule has 1 aromatic heterocycles. The Morgan fingerprint density at radius 3 is 2.00 bits per heavy atom. The quantitative estimate of drug-likeness (QED) is 0.155. The lowest BCUT2D eigenvalue weighted by atomic mass is 10.0. The number of aromatic amines is 1. The van der Waals surface area contributed by atoms with Crippen molar-refractivity contribution < 1.29 is 29.1 Å². The number of fused-ring (bicyclic) bond motifs is 1. The molecule has 0 radical (unpaired) electrons. The fourth-order valence-electron chi connectivity index (χ4n) is 3.95. The highest BCUT2D eigenvalue weighted by molar-refractivity contribution is 5.95. The number of carbonyl (C=O) groups is 5. The summed E-state index contributed by atoms with van der Waals surface area (Å²) >= 11 is 0. The predicted molar refractivity (Wildman–Crippen MR) is 137 cm³/mol. The highest BCUT2D eigenvalue weighted by Gasteiger charge is 2.32.